The van der Waals surface area contributed by atoms with E-state index in [1.807, 2.05) is 0 Å². The van der Waals surface area contributed by atoms with Crippen molar-refractivity contribution in [1.82, 2.24) is 0 Å². The SMILES string of the molecule is COC(=O)C12OCC34C(CC5C(C)C(=O)C(OC6OC(CO)C(O)C(O)C6O)=CC5(C)C3C(O)C1O)OC(=O)C(OC(=O)CC(C)C)C24. The summed E-state index contributed by atoms with van der Waals surface area (Å²) >= 11 is 0. The highest BCUT2D eigenvalue weighted by atomic mass is 16.7. The van der Waals surface area contributed by atoms with Gasteiger partial charge in [-0.1, -0.05) is 27.7 Å². The fourth-order valence-electron chi connectivity index (χ4n) is 9.70. The Kier molecular flexibility index (Phi) is 8.76. The van der Waals surface area contributed by atoms with Gasteiger partial charge in [0.1, 0.15) is 36.6 Å². The van der Waals surface area contributed by atoms with Gasteiger partial charge in [-0.2, -0.15) is 0 Å². The van der Waals surface area contributed by atoms with Gasteiger partial charge < -0.3 is 59.1 Å². The second-order valence-electron chi connectivity index (χ2n) is 14.7. The Morgan fingerprint density at radius 3 is 2.35 bits per heavy atom. The van der Waals surface area contributed by atoms with Crippen LogP contribution in [-0.2, 0) is 47.6 Å². The van der Waals surface area contributed by atoms with Crippen LogP contribution in [0.25, 0.3) is 0 Å². The molecule has 6 N–H and O–H groups in total. The molecule has 6 rings (SSSR count). The number of hydrogen-bond donors (Lipinski definition) is 6. The number of allylic oxidation sites excluding steroid dienone is 2. The third-order valence-electron chi connectivity index (χ3n) is 11.7. The molecule has 0 aromatic carbocycles. The molecule has 6 aliphatic rings. The number of aliphatic hydroxyl groups excluding tert-OH is 6. The van der Waals surface area contributed by atoms with Gasteiger partial charge in [-0.15, -0.1) is 0 Å². The first-order chi connectivity index (χ1) is 22.5. The largest absolute Gasteiger partial charge is 0.467 e. The number of methoxy groups -OCH3 is 1. The molecule has 3 aliphatic carbocycles. The minimum Gasteiger partial charge on any atom is -0.467 e. The molecule has 0 aromatic rings. The van der Waals surface area contributed by atoms with Crippen LogP contribution in [0.4, 0.5) is 0 Å². The molecule has 1 spiro atoms. The molecule has 5 fully saturated rings. The van der Waals surface area contributed by atoms with Crippen LogP contribution >= 0.6 is 0 Å². The van der Waals surface area contributed by atoms with E-state index in [0.717, 1.165) is 7.11 Å². The van der Waals surface area contributed by atoms with Crippen LogP contribution in [-0.4, -0.2) is 135 Å². The number of rotatable bonds is 7. The second-order valence-corrected chi connectivity index (χ2v) is 14.7. The van der Waals surface area contributed by atoms with Crippen molar-refractivity contribution >= 4 is 23.7 Å². The van der Waals surface area contributed by atoms with E-state index in [1.54, 1.807) is 27.7 Å². The van der Waals surface area contributed by atoms with Crippen molar-refractivity contribution in [3.05, 3.63) is 11.8 Å². The Morgan fingerprint density at radius 2 is 1.73 bits per heavy atom. The van der Waals surface area contributed by atoms with E-state index in [9.17, 15) is 49.8 Å². The highest BCUT2D eigenvalue weighted by molar-refractivity contribution is 5.96. The van der Waals surface area contributed by atoms with Crippen molar-refractivity contribution in [3.8, 4) is 0 Å². The normalized spacial score (nSPS) is 49.3. The van der Waals surface area contributed by atoms with E-state index in [4.69, 9.17) is 28.4 Å². The first-order valence-electron chi connectivity index (χ1n) is 16.2. The Bertz CT molecular complexity index is 1380. The Hall–Kier alpha value is -2.70. The summed E-state index contributed by atoms with van der Waals surface area (Å²) < 4.78 is 34.2. The molecule has 3 heterocycles. The molecule has 0 radical (unpaired) electrons. The molecule has 0 aromatic heterocycles. The minimum absolute atomic E-state index is 0.0576. The summed E-state index contributed by atoms with van der Waals surface area (Å²) in [6.07, 6.45) is -13.3. The number of hydrogen-bond acceptors (Lipinski definition) is 16. The monoisotopic (exact) mass is 684 g/mol. The van der Waals surface area contributed by atoms with Crippen molar-refractivity contribution in [3.63, 3.8) is 0 Å². The summed E-state index contributed by atoms with van der Waals surface area (Å²) in [4.78, 5) is 54.0. The lowest BCUT2D eigenvalue weighted by atomic mass is 9.38. The number of ketones is 1. The molecule has 16 nitrogen and oxygen atoms in total. The lowest BCUT2D eigenvalue weighted by Crippen LogP contribution is -2.79. The molecule has 16 unspecified atom stereocenters. The van der Waals surface area contributed by atoms with Crippen LogP contribution in [0.1, 0.15) is 40.5 Å². The maximum absolute atomic E-state index is 13.8. The number of aliphatic hydroxyl groups is 6. The molecule has 3 saturated heterocycles. The summed E-state index contributed by atoms with van der Waals surface area (Å²) in [5, 5.41) is 64.6. The van der Waals surface area contributed by atoms with E-state index in [0.29, 0.717) is 0 Å². The van der Waals surface area contributed by atoms with E-state index in [2.05, 4.69) is 0 Å². The first-order valence-corrected chi connectivity index (χ1v) is 16.2. The molecule has 3 aliphatic heterocycles. The second kappa shape index (κ2) is 12.0. The number of fused-ring (bicyclic) bond motifs is 2. The predicted molar refractivity (Wildman–Crippen MR) is 155 cm³/mol. The van der Waals surface area contributed by atoms with Gasteiger partial charge in [0.25, 0.3) is 0 Å². The van der Waals surface area contributed by atoms with Crippen LogP contribution in [0.15, 0.2) is 11.8 Å². The van der Waals surface area contributed by atoms with Crippen LogP contribution in [0.2, 0.25) is 0 Å². The van der Waals surface area contributed by atoms with Gasteiger partial charge in [0, 0.05) is 23.7 Å². The smallest absolute Gasteiger partial charge is 0.348 e. The fourth-order valence-corrected chi connectivity index (χ4v) is 9.70. The molecular formula is C32H44O16. The molecule has 16 atom stereocenters. The highest BCUT2D eigenvalue weighted by Gasteiger charge is 2.85. The topological polar surface area (TPSA) is 245 Å². The quantitative estimate of drug-likeness (QED) is 0.122. The summed E-state index contributed by atoms with van der Waals surface area (Å²) in [5.74, 6) is -7.71. The van der Waals surface area contributed by atoms with Crippen molar-refractivity contribution in [2.24, 2.45) is 40.4 Å². The molecule has 48 heavy (non-hydrogen) atoms. The molecule has 2 saturated carbocycles. The average molecular weight is 685 g/mol. The lowest BCUT2D eigenvalue weighted by Gasteiger charge is -2.67. The third-order valence-corrected chi connectivity index (χ3v) is 11.7. The summed E-state index contributed by atoms with van der Waals surface area (Å²) in [7, 11) is 1.06. The van der Waals surface area contributed by atoms with Crippen molar-refractivity contribution in [2.75, 3.05) is 20.3 Å². The zero-order chi connectivity index (χ0) is 35.2. The van der Waals surface area contributed by atoms with Crippen LogP contribution in [0.5, 0.6) is 0 Å². The van der Waals surface area contributed by atoms with Gasteiger partial charge in [-0.25, -0.2) is 9.59 Å². The van der Waals surface area contributed by atoms with E-state index in [-0.39, 0.29) is 31.1 Å². The molecule has 0 amide bonds. The van der Waals surface area contributed by atoms with Gasteiger partial charge in [-0.05, 0) is 29.7 Å². The third kappa shape index (κ3) is 4.63. The standard InChI is InChI=1S/C32H44O16/c1-11(2)6-17(34)48-23-25-31-10-44-32(25,29(42)43-5)26(40)22(39)24(31)30(4)8-14(18(35)12(3)13(30)7-16(31)47-27(23)41)45-28-21(38)20(37)19(36)15(9-33)46-28/h8,11-13,15-16,19-26,28,33,36-40H,6-7,9-10H2,1-5H3. The van der Waals surface area contributed by atoms with Gasteiger partial charge in [0.2, 0.25) is 18.0 Å². The zero-order valence-electron chi connectivity index (χ0n) is 27.3. The van der Waals surface area contributed by atoms with E-state index >= 15 is 0 Å². The molecule has 268 valence electrons. The van der Waals surface area contributed by atoms with Gasteiger partial charge in [0.15, 0.2) is 11.5 Å². The highest BCUT2D eigenvalue weighted by Crippen LogP contribution is 2.72. The van der Waals surface area contributed by atoms with Crippen molar-refractivity contribution < 1.29 is 78.2 Å². The minimum atomic E-state index is -2.32. The number of carbonyl (C=O) groups excluding carboxylic acids is 4. The summed E-state index contributed by atoms with van der Waals surface area (Å²) in [5.41, 5.74) is -5.03. The fraction of sp³-hybridized carbons (Fsp3) is 0.812. The Balaban J connectivity index is 1.47. The zero-order valence-corrected chi connectivity index (χ0v) is 27.3. The van der Waals surface area contributed by atoms with Crippen molar-refractivity contribution in [1.29, 1.82) is 0 Å². The number of esters is 3. The maximum Gasteiger partial charge on any atom is 0.348 e. The maximum atomic E-state index is 13.8. The Morgan fingerprint density at radius 1 is 1.04 bits per heavy atom. The lowest BCUT2D eigenvalue weighted by molar-refractivity contribution is -0.296. The van der Waals surface area contributed by atoms with Crippen molar-refractivity contribution in [2.45, 2.75) is 101 Å². The number of carbonyl (C=O) groups is 4. The van der Waals surface area contributed by atoms with E-state index < -0.39 is 126 Å². The summed E-state index contributed by atoms with van der Waals surface area (Å²) in [6, 6.07) is 0. The van der Waals surface area contributed by atoms with E-state index in [1.165, 1.54) is 6.08 Å². The molecule has 2 bridgehead atoms. The molecular weight excluding hydrogens is 640 g/mol. The van der Waals surface area contributed by atoms with Gasteiger partial charge in [0.05, 0.1) is 32.3 Å². The average Bonchev–Trinajstić information content (AvgIpc) is 3.34. The van der Waals surface area contributed by atoms with Crippen LogP contribution < -0.4 is 0 Å². The van der Waals surface area contributed by atoms with Gasteiger partial charge >= 0.3 is 17.9 Å². The first kappa shape index (κ1) is 35.1. The number of Topliss-reactive ketones (excluding diaryl/α,β-unsaturated/α-hetero) is 1. The van der Waals surface area contributed by atoms with Gasteiger partial charge in [-0.3, -0.25) is 9.59 Å². The number of ether oxygens (including phenoxy) is 6. The molecule has 16 heteroatoms. The van der Waals surface area contributed by atoms with Crippen LogP contribution in [0.3, 0.4) is 0 Å². The predicted octanol–water partition coefficient (Wildman–Crippen LogP) is -2.29. The Labute approximate surface area is 275 Å². The van der Waals surface area contributed by atoms with Crippen LogP contribution in [0, 0.1) is 40.4 Å². The summed E-state index contributed by atoms with van der Waals surface area (Å²) in [6.45, 7) is 5.84.